The van der Waals surface area contributed by atoms with Gasteiger partial charge in [0.25, 0.3) is 0 Å². The van der Waals surface area contributed by atoms with Crippen molar-refractivity contribution in [2.24, 2.45) is 5.92 Å². The number of amides is 1. The molecule has 1 amide bonds. The molecule has 1 fully saturated rings. The van der Waals surface area contributed by atoms with Crippen LogP contribution in [0.5, 0.6) is 0 Å². The first-order valence-corrected chi connectivity index (χ1v) is 6.14. The molecule has 1 N–H and O–H groups in total. The Morgan fingerprint density at radius 3 is 2.44 bits per heavy atom. The minimum Gasteiger partial charge on any atom is -0.373 e. The Morgan fingerprint density at radius 2 is 1.94 bits per heavy atom. The lowest BCUT2D eigenvalue weighted by Gasteiger charge is -2.35. The van der Waals surface area contributed by atoms with E-state index in [2.05, 4.69) is 24.1 Å². The highest BCUT2D eigenvalue weighted by Gasteiger charge is 2.21. The highest BCUT2D eigenvalue weighted by molar-refractivity contribution is 5.77. The van der Waals surface area contributed by atoms with Crippen LogP contribution in [0, 0.1) is 5.92 Å². The molecule has 4 heteroatoms. The van der Waals surface area contributed by atoms with Gasteiger partial charge in [0.05, 0.1) is 12.2 Å². The van der Waals surface area contributed by atoms with Crippen molar-refractivity contribution in [1.82, 2.24) is 10.2 Å². The number of carbonyl (C=O) groups is 1. The highest BCUT2D eigenvalue weighted by atomic mass is 16.5. The van der Waals surface area contributed by atoms with Gasteiger partial charge in [0.2, 0.25) is 5.91 Å². The summed E-state index contributed by atoms with van der Waals surface area (Å²) in [6.45, 7) is 11.6. The van der Waals surface area contributed by atoms with E-state index in [-0.39, 0.29) is 11.8 Å². The highest BCUT2D eigenvalue weighted by Crippen LogP contribution is 2.09. The largest absolute Gasteiger partial charge is 0.373 e. The first kappa shape index (κ1) is 13.5. The predicted molar refractivity (Wildman–Crippen MR) is 64.3 cm³/mol. The second-order valence-electron chi connectivity index (χ2n) is 4.96. The summed E-state index contributed by atoms with van der Waals surface area (Å²) in [6, 6.07) is 0. The Hall–Kier alpha value is -0.610. The van der Waals surface area contributed by atoms with E-state index in [1.54, 1.807) is 0 Å². The SMILES string of the molecule is CC1CN(CCNC(=O)C(C)C)CC(C)O1. The fourth-order valence-corrected chi connectivity index (χ4v) is 2.01. The number of hydrogen-bond donors (Lipinski definition) is 1. The Bertz CT molecular complexity index is 221. The number of rotatable bonds is 4. The molecule has 16 heavy (non-hydrogen) atoms. The Balaban J connectivity index is 2.20. The summed E-state index contributed by atoms with van der Waals surface area (Å²) < 4.78 is 5.65. The molecule has 1 aliphatic rings. The van der Waals surface area contributed by atoms with Crippen LogP contribution in [0.15, 0.2) is 0 Å². The van der Waals surface area contributed by atoms with Crippen molar-refractivity contribution in [3.05, 3.63) is 0 Å². The molecule has 1 saturated heterocycles. The maximum atomic E-state index is 11.4. The first-order chi connectivity index (χ1) is 7.49. The zero-order valence-electron chi connectivity index (χ0n) is 10.8. The van der Waals surface area contributed by atoms with Crippen LogP contribution >= 0.6 is 0 Å². The van der Waals surface area contributed by atoms with Crippen molar-refractivity contribution in [2.45, 2.75) is 39.9 Å². The second kappa shape index (κ2) is 6.21. The molecule has 94 valence electrons. The van der Waals surface area contributed by atoms with Crippen molar-refractivity contribution in [1.29, 1.82) is 0 Å². The molecule has 0 aromatic carbocycles. The van der Waals surface area contributed by atoms with E-state index in [4.69, 9.17) is 4.74 Å². The molecule has 0 bridgehead atoms. The normalized spacial score (nSPS) is 27.1. The molecule has 1 rings (SSSR count). The third-order valence-electron chi connectivity index (χ3n) is 2.75. The zero-order chi connectivity index (χ0) is 12.1. The van der Waals surface area contributed by atoms with E-state index in [1.807, 2.05) is 13.8 Å². The average molecular weight is 228 g/mol. The predicted octanol–water partition coefficient (Wildman–Crippen LogP) is 0.868. The van der Waals surface area contributed by atoms with Crippen LogP contribution in [0.4, 0.5) is 0 Å². The summed E-state index contributed by atoms with van der Waals surface area (Å²) in [7, 11) is 0. The number of hydrogen-bond acceptors (Lipinski definition) is 3. The molecule has 0 radical (unpaired) electrons. The molecule has 0 aromatic rings. The summed E-state index contributed by atoms with van der Waals surface area (Å²) in [6.07, 6.45) is 0.592. The Morgan fingerprint density at radius 1 is 1.38 bits per heavy atom. The van der Waals surface area contributed by atoms with Crippen LogP contribution in [-0.4, -0.2) is 49.2 Å². The van der Waals surface area contributed by atoms with Crippen LogP contribution in [0.25, 0.3) is 0 Å². The monoisotopic (exact) mass is 228 g/mol. The zero-order valence-corrected chi connectivity index (χ0v) is 10.8. The molecular formula is C12H24N2O2. The van der Waals surface area contributed by atoms with Crippen molar-refractivity contribution in [2.75, 3.05) is 26.2 Å². The fourth-order valence-electron chi connectivity index (χ4n) is 2.01. The third kappa shape index (κ3) is 4.49. The van der Waals surface area contributed by atoms with Crippen molar-refractivity contribution < 1.29 is 9.53 Å². The second-order valence-corrected chi connectivity index (χ2v) is 4.96. The Labute approximate surface area is 98.3 Å². The van der Waals surface area contributed by atoms with Gasteiger partial charge in [0.15, 0.2) is 0 Å². The van der Waals surface area contributed by atoms with Crippen molar-refractivity contribution in [3.63, 3.8) is 0 Å². The first-order valence-electron chi connectivity index (χ1n) is 6.14. The molecule has 0 saturated carbocycles. The summed E-state index contributed by atoms with van der Waals surface area (Å²) in [5, 5.41) is 2.94. The fraction of sp³-hybridized carbons (Fsp3) is 0.917. The molecule has 2 unspecified atom stereocenters. The van der Waals surface area contributed by atoms with Gasteiger partial charge in [0.1, 0.15) is 0 Å². The molecule has 1 heterocycles. The van der Waals surface area contributed by atoms with Gasteiger partial charge >= 0.3 is 0 Å². The summed E-state index contributed by atoms with van der Waals surface area (Å²) >= 11 is 0. The van der Waals surface area contributed by atoms with Gasteiger partial charge in [0, 0.05) is 32.1 Å². The van der Waals surface area contributed by atoms with Gasteiger partial charge in [-0.05, 0) is 13.8 Å². The minimum atomic E-state index is 0.0718. The third-order valence-corrected chi connectivity index (χ3v) is 2.75. The summed E-state index contributed by atoms with van der Waals surface area (Å²) in [4.78, 5) is 13.7. The molecule has 1 aliphatic heterocycles. The van der Waals surface area contributed by atoms with Crippen LogP contribution < -0.4 is 5.32 Å². The van der Waals surface area contributed by atoms with Crippen molar-refractivity contribution >= 4 is 5.91 Å². The van der Waals surface area contributed by atoms with Gasteiger partial charge in [-0.15, -0.1) is 0 Å². The van der Waals surface area contributed by atoms with E-state index in [0.717, 1.165) is 26.2 Å². The van der Waals surface area contributed by atoms with E-state index >= 15 is 0 Å². The van der Waals surface area contributed by atoms with E-state index in [9.17, 15) is 4.79 Å². The van der Waals surface area contributed by atoms with Gasteiger partial charge in [-0.1, -0.05) is 13.8 Å². The molecular weight excluding hydrogens is 204 g/mol. The number of nitrogens with zero attached hydrogens (tertiary/aromatic N) is 1. The number of morpholine rings is 1. The van der Waals surface area contributed by atoms with Gasteiger partial charge < -0.3 is 10.1 Å². The molecule has 0 spiro atoms. The van der Waals surface area contributed by atoms with Gasteiger partial charge in [-0.3, -0.25) is 9.69 Å². The summed E-state index contributed by atoms with van der Waals surface area (Å²) in [5.74, 6) is 0.205. The van der Waals surface area contributed by atoms with E-state index < -0.39 is 0 Å². The van der Waals surface area contributed by atoms with E-state index in [0.29, 0.717) is 12.2 Å². The topological polar surface area (TPSA) is 41.6 Å². The van der Waals surface area contributed by atoms with Gasteiger partial charge in [-0.2, -0.15) is 0 Å². The quantitative estimate of drug-likeness (QED) is 0.776. The number of ether oxygens (including phenoxy) is 1. The molecule has 0 aliphatic carbocycles. The standard InChI is InChI=1S/C12H24N2O2/c1-9(2)12(15)13-5-6-14-7-10(3)16-11(4)8-14/h9-11H,5-8H2,1-4H3,(H,13,15). The van der Waals surface area contributed by atoms with Crippen molar-refractivity contribution in [3.8, 4) is 0 Å². The molecule has 4 nitrogen and oxygen atoms in total. The van der Waals surface area contributed by atoms with Crippen LogP contribution in [0.2, 0.25) is 0 Å². The summed E-state index contributed by atoms with van der Waals surface area (Å²) in [5.41, 5.74) is 0. The maximum Gasteiger partial charge on any atom is 0.222 e. The lowest BCUT2D eigenvalue weighted by molar-refractivity contribution is -0.124. The van der Waals surface area contributed by atoms with E-state index in [1.165, 1.54) is 0 Å². The average Bonchev–Trinajstić information content (AvgIpc) is 2.15. The maximum absolute atomic E-state index is 11.4. The lowest BCUT2D eigenvalue weighted by Crippen LogP contribution is -2.48. The minimum absolute atomic E-state index is 0.0718. The smallest absolute Gasteiger partial charge is 0.222 e. The van der Waals surface area contributed by atoms with Crippen LogP contribution in [-0.2, 0) is 9.53 Å². The molecule has 0 aromatic heterocycles. The number of carbonyl (C=O) groups excluding carboxylic acids is 1. The number of nitrogens with one attached hydrogen (secondary N) is 1. The van der Waals surface area contributed by atoms with Gasteiger partial charge in [-0.25, -0.2) is 0 Å². The lowest BCUT2D eigenvalue weighted by atomic mass is 10.2. The molecule has 2 atom stereocenters. The Kier molecular flexibility index (Phi) is 5.22. The van der Waals surface area contributed by atoms with Crippen LogP contribution in [0.1, 0.15) is 27.7 Å². The van der Waals surface area contributed by atoms with Crippen LogP contribution in [0.3, 0.4) is 0 Å².